The molecule has 0 aromatic heterocycles. The van der Waals surface area contributed by atoms with E-state index in [1.165, 1.54) is 13.2 Å². The molecule has 0 aliphatic heterocycles. The lowest BCUT2D eigenvalue weighted by Gasteiger charge is -2.15. The topological polar surface area (TPSA) is 27.7 Å². The first-order valence-corrected chi connectivity index (χ1v) is 6.73. The van der Waals surface area contributed by atoms with Gasteiger partial charge >= 0.3 is 0 Å². The van der Waals surface area contributed by atoms with E-state index in [0.29, 0.717) is 28.4 Å². The van der Waals surface area contributed by atoms with Crippen LogP contribution in [0.3, 0.4) is 0 Å². The second-order valence-electron chi connectivity index (χ2n) is 4.40. The Hall–Kier alpha value is -1.94. The molecule has 0 heterocycles. The van der Waals surface area contributed by atoms with Crippen molar-refractivity contribution in [2.24, 2.45) is 0 Å². The summed E-state index contributed by atoms with van der Waals surface area (Å²) in [6.07, 6.45) is 0. The number of halogens is 2. The molecule has 0 radical (unpaired) electrons. The highest BCUT2D eigenvalue weighted by Gasteiger charge is 2.17. The van der Waals surface area contributed by atoms with Crippen LogP contribution >= 0.6 is 11.6 Å². The SMILES string of the molecule is COc1cc(OC)cc(C(Cl)c2ccc(OC)cc2F)c1. The van der Waals surface area contributed by atoms with Gasteiger partial charge in [0.2, 0.25) is 0 Å². The summed E-state index contributed by atoms with van der Waals surface area (Å²) in [4.78, 5) is 0. The van der Waals surface area contributed by atoms with Crippen LogP contribution in [0, 0.1) is 5.82 Å². The molecule has 112 valence electrons. The summed E-state index contributed by atoms with van der Waals surface area (Å²) in [5.41, 5.74) is 1.06. The molecule has 0 N–H and O–H groups in total. The van der Waals surface area contributed by atoms with E-state index in [2.05, 4.69) is 0 Å². The summed E-state index contributed by atoms with van der Waals surface area (Å²) in [6.45, 7) is 0. The van der Waals surface area contributed by atoms with Crippen molar-refractivity contribution in [1.82, 2.24) is 0 Å². The van der Waals surface area contributed by atoms with Crippen molar-refractivity contribution in [3.05, 3.63) is 53.3 Å². The summed E-state index contributed by atoms with van der Waals surface area (Å²) in [7, 11) is 4.59. The Balaban J connectivity index is 2.41. The molecule has 0 aliphatic carbocycles. The fourth-order valence-electron chi connectivity index (χ4n) is 2.00. The van der Waals surface area contributed by atoms with Crippen LogP contribution < -0.4 is 14.2 Å². The smallest absolute Gasteiger partial charge is 0.131 e. The molecular weight excluding hydrogens is 295 g/mol. The van der Waals surface area contributed by atoms with E-state index in [9.17, 15) is 4.39 Å². The Bertz CT molecular complexity index is 609. The van der Waals surface area contributed by atoms with E-state index in [0.717, 1.165) is 0 Å². The summed E-state index contributed by atoms with van der Waals surface area (Å²) in [6, 6.07) is 9.83. The summed E-state index contributed by atoms with van der Waals surface area (Å²) in [5.74, 6) is 1.23. The zero-order valence-corrected chi connectivity index (χ0v) is 12.8. The predicted molar refractivity (Wildman–Crippen MR) is 80.2 cm³/mol. The van der Waals surface area contributed by atoms with E-state index in [1.807, 2.05) is 0 Å². The Labute approximate surface area is 128 Å². The van der Waals surface area contributed by atoms with E-state index in [1.54, 1.807) is 44.6 Å². The molecule has 2 aromatic carbocycles. The zero-order valence-electron chi connectivity index (χ0n) is 12.0. The quantitative estimate of drug-likeness (QED) is 0.775. The summed E-state index contributed by atoms with van der Waals surface area (Å²) in [5, 5.41) is -0.653. The maximum Gasteiger partial charge on any atom is 0.131 e. The molecule has 0 aliphatic rings. The van der Waals surface area contributed by atoms with Crippen molar-refractivity contribution in [2.75, 3.05) is 21.3 Å². The number of rotatable bonds is 5. The molecule has 3 nitrogen and oxygen atoms in total. The fourth-order valence-corrected chi connectivity index (χ4v) is 2.30. The van der Waals surface area contributed by atoms with Gasteiger partial charge in [-0.15, -0.1) is 11.6 Å². The first kappa shape index (κ1) is 15.4. The van der Waals surface area contributed by atoms with Crippen LogP contribution in [-0.4, -0.2) is 21.3 Å². The highest BCUT2D eigenvalue weighted by molar-refractivity contribution is 6.22. The lowest BCUT2D eigenvalue weighted by atomic mass is 10.0. The zero-order chi connectivity index (χ0) is 15.4. The number of alkyl halides is 1. The number of hydrogen-bond acceptors (Lipinski definition) is 3. The molecule has 2 rings (SSSR count). The molecule has 1 atom stereocenters. The average Bonchev–Trinajstić information content (AvgIpc) is 2.53. The van der Waals surface area contributed by atoms with Crippen LogP contribution in [-0.2, 0) is 0 Å². The average molecular weight is 311 g/mol. The van der Waals surface area contributed by atoms with Crippen LogP contribution in [0.5, 0.6) is 17.2 Å². The minimum absolute atomic E-state index is 0.368. The molecule has 21 heavy (non-hydrogen) atoms. The maximum atomic E-state index is 14.1. The molecule has 5 heteroatoms. The molecule has 0 spiro atoms. The molecule has 0 fully saturated rings. The van der Waals surface area contributed by atoms with E-state index in [4.69, 9.17) is 25.8 Å². The maximum absolute atomic E-state index is 14.1. The van der Waals surface area contributed by atoms with E-state index in [-0.39, 0.29) is 0 Å². The van der Waals surface area contributed by atoms with Gasteiger partial charge < -0.3 is 14.2 Å². The van der Waals surface area contributed by atoms with Crippen molar-refractivity contribution in [2.45, 2.75) is 5.38 Å². The Morgan fingerprint density at radius 3 is 1.90 bits per heavy atom. The molecular formula is C16H16ClFO3. The number of methoxy groups -OCH3 is 3. The minimum Gasteiger partial charge on any atom is -0.497 e. The van der Waals surface area contributed by atoms with Crippen molar-refractivity contribution in [3.63, 3.8) is 0 Å². The Morgan fingerprint density at radius 2 is 1.43 bits per heavy atom. The summed E-state index contributed by atoms with van der Waals surface area (Å²) < 4.78 is 29.5. The van der Waals surface area contributed by atoms with Gasteiger partial charge in [-0.3, -0.25) is 0 Å². The first-order valence-electron chi connectivity index (χ1n) is 6.29. The second-order valence-corrected chi connectivity index (χ2v) is 4.83. The highest BCUT2D eigenvalue weighted by Crippen LogP contribution is 2.36. The largest absolute Gasteiger partial charge is 0.497 e. The molecule has 0 saturated carbocycles. The van der Waals surface area contributed by atoms with Crippen molar-refractivity contribution in [3.8, 4) is 17.2 Å². The first-order chi connectivity index (χ1) is 10.1. The van der Waals surface area contributed by atoms with Gasteiger partial charge in [-0.05, 0) is 23.8 Å². The molecule has 2 aromatic rings. The van der Waals surface area contributed by atoms with Gasteiger partial charge in [0, 0.05) is 17.7 Å². The third-order valence-corrected chi connectivity index (χ3v) is 3.63. The number of benzene rings is 2. The monoisotopic (exact) mass is 310 g/mol. The van der Waals surface area contributed by atoms with Gasteiger partial charge in [-0.25, -0.2) is 4.39 Å². The predicted octanol–water partition coefficient (Wildman–Crippen LogP) is 4.18. The Morgan fingerprint density at radius 1 is 0.857 bits per heavy atom. The lowest BCUT2D eigenvalue weighted by Crippen LogP contribution is -1.99. The van der Waals surface area contributed by atoms with Gasteiger partial charge in [0.1, 0.15) is 23.1 Å². The third-order valence-electron chi connectivity index (χ3n) is 3.15. The lowest BCUT2D eigenvalue weighted by molar-refractivity contribution is 0.393. The van der Waals surface area contributed by atoms with Gasteiger partial charge in [-0.1, -0.05) is 6.07 Å². The molecule has 0 saturated heterocycles. The fraction of sp³-hybridized carbons (Fsp3) is 0.250. The summed E-state index contributed by atoms with van der Waals surface area (Å²) >= 11 is 6.40. The Kier molecular flexibility index (Phi) is 4.91. The van der Waals surface area contributed by atoms with Gasteiger partial charge in [-0.2, -0.15) is 0 Å². The van der Waals surface area contributed by atoms with Gasteiger partial charge in [0.15, 0.2) is 0 Å². The van der Waals surface area contributed by atoms with Crippen molar-refractivity contribution >= 4 is 11.6 Å². The second kappa shape index (κ2) is 6.68. The molecule has 0 bridgehead atoms. The van der Waals surface area contributed by atoms with Crippen LogP contribution in [0.25, 0.3) is 0 Å². The third kappa shape index (κ3) is 3.39. The van der Waals surface area contributed by atoms with Crippen LogP contribution in [0.1, 0.15) is 16.5 Å². The van der Waals surface area contributed by atoms with E-state index >= 15 is 0 Å². The van der Waals surface area contributed by atoms with Gasteiger partial charge in [0.25, 0.3) is 0 Å². The van der Waals surface area contributed by atoms with E-state index < -0.39 is 11.2 Å². The van der Waals surface area contributed by atoms with Crippen LogP contribution in [0.2, 0.25) is 0 Å². The van der Waals surface area contributed by atoms with Crippen LogP contribution in [0.4, 0.5) is 4.39 Å². The molecule has 0 amide bonds. The standard InChI is InChI=1S/C16H16ClFO3/c1-19-11-4-5-14(15(18)9-11)16(17)10-6-12(20-2)8-13(7-10)21-3/h4-9,16H,1-3H3. The number of hydrogen-bond donors (Lipinski definition) is 0. The van der Waals surface area contributed by atoms with Gasteiger partial charge in [0.05, 0.1) is 26.7 Å². The van der Waals surface area contributed by atoms with Crippen molar-refractivity contribution in [1.29, 1.82) is 0 Å². The highest BCUT2D eigenvalue weighted by atomic mass is 35.5. The minimum atomic E-state index is -0.653. The normalized spacial score (nSPS) is 11.9. The van der Waals surface area contributed by atoms with Crippen molar-refractivity contribution < 1.29 is 18.6 Å². The van der Waals surface area contributed by atoms with Crippen LogP contribution in [0.15, 0.2) is 36.4 Å². The number of ether oxygens (including phenoxy) is 3. The molecule has 1 unspecified atom stereocenters.